The zero-order valence-corrected chi connectivity index (χ0v) is 17.7. The summed E-state index contributed by atoms with van der Waals surface area (Å²) in [6, 6.07) is 7.38. The number of aryl methyl sites for hydroxylation is 2. The molecular formula is C23H36N4O. The van der Waals surface area contributed by atoms with Crippen LogP contribution in [0.4, 0.5) is 0 Å². The molecule has 1 aromatic carbocycles. The maximum Gasteiger partial charge on any atom is 0.0791 e. The Labute approximate surface area is 169 Å². The van der Waals surface area contributed by atoms with Gasteiger partial charge < -0.3 is 19.9 Å². The second-order valence-electron chi connectivity index (χ2n) is 8.95. The summed E-state index contributed by atoms with van der Waals surface area (Å²) >= 11 is 0. The Kier molecular flexibility index (Phi) is 6.07. The molecular weight excluding hydrogens is 348 g/mol. The predicted octanol–water partition coefficient (Wildman–Crippen LogP) is 2.54. The van der Waals surface area contributed by atoms with Crippen LogP contribution in [-0.2, 0) is 13.0 Å². The zero-order valence-electron chi connectivity index (χ0n) is 17.7. The number of nitrogens with one attached hydrogen (secondary N) is 1. The highest BCUT2D eigenvalue weighted by molar-refractivity contribution is 5.87. The molecule has 28 heavy (non-hydrogen) atoms. The Morgan fingerprint density at radius 1 is 1.29 bits per heavy atom. The number of fused-ring (bicyclic) bond motifs is 3. The van der Waals surface area contributed by atoms with Crippen LogP contribution >= 0.6 is 0 Å². The average Bonchev–Trinajstić information content (AvgIpc) is 2.98. The van der Waals surface area contributed by atoms with Gasteiger partial charge in [-0.15, -0.1) is 0 Å². The third kappa shape index (κ3) is 3.99. The second-order valence-corrected chi connectivity index (χ2v) is 8.95. The van der Waals surface area contributed by atoms with Crippen LogP contribution in [-0.4, -0.2) is 72.4 Å². The van der Waals surface area contributed by atoms with Gasteiger partial charge in [-0.3, -0.25) is 4.90 Å². The SMILES string of the molecule is Cc1ccc2c(c1)c1c3n2CCN(C[C@@H](O)CNCCCN(C)C)[C@H]3CCC1. The zero-order chi connectivity index (χ0) is 19.7. The van der Waals surface area contributed by atoms with Gasteiger partial charge in [-0.25, -0.2) is 0 Å². The van der Waals surface area contributed by atoms with Crippen molar-refractivity contribution in [2.24, 2.45) is 0 Å². The summed E-state index contributed by atoms with van der Waals surface area (Å²) in [7, 11) is 4.20. The van der Waals surface area contributed by atoms with Gasteiger partial charge in [0.25, 0.3) is 0 Å². The monoisotopic (exact) mass is 384 g/mol. The van der Waals surface area contributed by atoms with Crippen molar-refractivity contribution in [2.75, 3.05) is 46.8 Å². The van der Waals surface area contributed by atoms with E-state index < -0.39 is 0 Å². The van der Waals surface area contributed by atoms with Crippen molar-refractivity contribution in [3.8, 4) is 0 Å². The number of rotatable bonds is 8. The summed E-state index contributed by atoms with van der Waals surface area (Å²) in [4.78, 5) is 4.74. The van der Waals surface area contributed by atoms with E-state index in [0.29, 0.717) is 12.6 Å². The van der Waals surface area contributed by atoms with Crippen molar-refractivity contribution < 1.29 is 5.11 Å². The van der Waals surface area contributed by atoms with Gasteiger partial charge in [0.1, 0.15) is 0 Å². The minimum absolute atomic E-state index is 0.303. The lowest BCUT2D eigenvalue weighted by Crippen LogP contribution is -2.45. The number of nitrogens with zero attached hydrogens (tertiary/aromatic N) is 3. The van der Waals surface area contributed by atoms with E-state index in [-0.39, 0.29) is 6.10 Å². The number of β-amino-alcohol motifs (C(OH)–C–C–N with tert-alkyl or cyclic N) is 1. The Morgan fingerprint density at radius 2 is 2.14 bits per heavy atom. The summed E-state index contributed by atoms with van der Waals surface area (Å²) in [6.07, 6.45) is 4.48. The molecule has 5 heteroatoms. The minimum Gasteiger partial charge on any atom is -0.390 e. The normalized spacial score (nSPS) is 20.7. The molecule has 5 nitrogen and oxygen atoms in total. The van der Waals surface area contributed by atoms with Gasteiger partial charge >= 0.3 is 0 Å². The molecule has 0 spiro atoms. The quantitative estimate of drug-likeness (QED) is 0.687. The molecule has 2 heterocycles. The first-order valence-electron chi connectivity index (χ1n) is 10.9. The molecule has 2 aromatic rings. The van der Waals surface area contributed by atoms with E-state index in [4.69, 9.17) is 0 Å². The van der Waals surface area contributed by atoms with Gasteiger partial charge in [-0.05, 0) is 77.5 Å². The molecule has 0 radical (unpaired) electrons. The first-order valence-corrected chi connectivity index (χ1v) is 10.9. The van der Waals surface area contributed by atoms with E-state index in [1.54, 1.807) is 5.56 Å². The van der Waals surface area contributed by atoms with E-state index >= 15 is 0 Å². The van der Waals surface area contributed by atoms with Crippen LogP contribution in [0.1, 0.15) is 42.1 Å². The molecule has 4 rings (SSSR count). The Morgan fingerprint density at radius 3 is 2.96 bits per heavy atom. The number of hydrogen-bond acceptors (Lipinski definition) is 4. The summed E-state index contributed by atoms with van der Waals surface area (Å²) in [5.74, 6) is 0. The van der Waals surface area contributed by atoms with Crippen LogP contribution < -0.4 is 5.32 Å². The highest BCUT2D eigenvalue weighted by Gasteiger charge is 2.35. The van der Waals surface area contributed by atoms with Crippen molar-refractivity contribution >= 4 is 10.9 Å². The van der Waals surface area contributed by atoms with Gasteiger partial charge in [-0.1, -0.05) is 11.6 Å². The molecule has 0 unspecified atom stereocenters. The highest BCUT2D eigenvalue weighted by Crippen LogP contribution is 2.42. The van der Waals surface area contributed by atoms with Gasteiger partial charge in [0, 0.05) is 42.8 Å². The van der Waals surface area contributed by atoms with Crippen LogP contribution in [0.5, 0.6) is 0 Å². The van der Waals surface area contributed by atoms with Gasteiger partial charge in [0.2, 0.25) is 0 Å². The highest BCUT2D eigenvalue weighted by atomic mass is 16.3. The molecule has 0 saturated carbocycles. The van der Waals surface area contributed by atoms with E-state index in [1.807, 2.05) is 0 Å². The Hall–Kier alpha value is -1.40. The molecule has 0 bridgehead atoms. The van der Waals surface area contributed by atoms with E-state index in [1.165, 1.54) is 41.4 Å². The number of hydrogen-bond donors (Lipinski definition) is 2. The lowest BCUT2D eigenvalue weighted by Gasteiger charge is -2.40. The van der Waals surface area contributed by atoms with Crippen molar-refractivity contribution in [1.82, 2.24) is 19.7 Å². The number of aliphatic hydroxyl groups is 1. The Balaban J connectivity index is 1.43. The largest absolute Gasteiger partial charge is 0.390 e. The second kappa shape index (κ2) is 8.54. The molecule has 0 amide bonds. The lowest BCUT2D eigenvalue weighted by atomic mass is 9.89. The van der Waals surface area contributed by atoms with Crippen molar-refractivity contribution in [2.45, 2.75) is 51.3 Å². The summed E-state index contributed by atoms with van der Waals surface area (Å²) in [5.41, 5.74) is 5.85. The minimum atomic E-state index is -0.303. The summed E-state index contributed by atoms with van der Waals surface area (Å²) < 4.78 is 2.57. The molecule has 2 N–H and O–H groups in total. The first-order chi connectivity index (χ1) is 13.5. The third-order valence-electron chi connectivity index (χ3n) is 6.42. The van der Waals surface area contributed by atoms with Crippen molar-refractivity contribution in [3.63, 3.8) is 0 Å². The van der Waals surface area contributed by atoms with E-state index in [2.05, 4.69) is 58.9 Å². The van der Waals surface area contributed by atoms with Crippen LogP contribution in [0, 0.1) is 6.92 Å². The molecule has 1 aliphatic heterocycles. The smallest absolute Gasteiger partial charge is 0.0791 e. The molecule has 0 saturated heterocycles. The molecule has 1 aliphatic carbocycles. The van der Waals surface area contributed by atoms with Crippen LogP contribution in [0.2, 0.25) is 0 Å². The average molecular weight is 385 g/mol. The first kappa shape index (κ1) is 19.9. The van der Waals surface area contributed by atoms with Crippen molar-refractivity contribution in [1.29, 1.82) is 0 Å². The van der Waals surface area contributed by atoms with Gasteiger partial charge in [-0.2, -0.15) is 0 Å². The van der Waals surface area contributed by atoms with E-state index in [9.17, 15) is 5.11 Å². The number of benzene rings is 1. The maximum absolute atomic E-state index is 10.6. The van der Waals surface area contributed by atoms with E-state index in [0.717, 1.165) is 39.1 Å². The van der Waals surface area contributed by atoms with Crippen LogP contribution in [0.25, 0.3) is 10.9 Å². The van der Waals surface area contributed by atoms with Gasteiger partial charge in [0.05, 0.1) is 12.1 Å². The Bertz CT molecular complexity index is 813. The number of aliphatic hydroxyl groups excluding tert-OH is 1. The van der Waals surface area contributed by atoms with Crippen LogP contribution in [0.3, 0.4) is 0 Å². The third-order valence-corrected chi connectivity index (χ3v) is 6.42. The topological polar surface area (TPSA) is 43.7 Å². The fourth-order valence-electron chi connectivity index (χ4n) is 5.13. The fourth-order valence-corrected chi connectivity index (χ4v) is 5.13. The lowest BCUT2D eigenvalue weighted by molar-refractivity contribution is 0.0641. The summed E-state index contributed by atoms with van der Waals surface area (Å²) in [6.45, 7) is 7.77. The number of aromatic nitrogens is 1. The molecule has 2 aliphatic rings. The molecule has 2 atom stereocenters. The molecule has 1 aromatic heterocycles. The predicted molar refractivity (Wildman–Crippen MR) is 116 cm³/mol. The van der Waals surface area contributed by atoms with Gasteiger partial charge in [0.15, 0.2) is 0 Å². The van der Waals surface area contributed by atoms with Crippen molar-refractivity contribution in [3.05, 3.63) is 35.0 Å². The standard InChI is InChI=1S/C23H36N4O/c1-17-8-9-21-20(14-17)19-6-4-7-22-23(19)27(21)13-12-26(22)16-18(28)15-24-10-5-11-25(2)3/h8-9,14,18,22,24,28H,4-7,10-13,15-16H2,1-3H3/t18-,22-/m0/s1. The van der Waals surface area contributed by atoms with Crippen LogP contribution in [0.15, 0.2) is 18.2 Å². The maximum atomic E-state index is 10.6. The molecule has 0 fully saturated rings. The summed E-state index contributed by atoms with van der Waals surface area (Å²) in [5, 5.41) is 15.5. The molecule has 154 valence electrons. The fraction of sp³-hybridized carbons (Fsp3) is 0.652.